The highest BCUT2D eigenvalue weighted by atomic mass is 79.9. The van der Waals surface area contributed by atoms with Crippen LogP contribution in [0.2, 0.25) is 0 Å². The third-order valence-electron chi connectivity index (χ3n) is 3.33. The predicted molar refractivity (Wildman–Crippen MR) is 99.2 cm³/mol. The van der Waals surface area contributed by atoms with Crippen LogP contribution in [0.5, 0.6) is 17.4 Å². The third kappa shape index (κ3) is 4.06. The minimum Gasteiger partial charge on any atom is -0.497 e. The number of nitro groups is 1. The SMILES string of the molecule is COc1ccc(Oc2ncnc(Nc3cccc(Br)c3)c2[N+](=O)[O-])cc1. The van der Waals surface area contributed by atoms with Gasteiger partial charge in [-0.1, -0.05) is 22.0 Å². The Bertz CT molecular complexity index is 934. The summed E-state index contributed by atoms with van der Waals surface area (Å²) in [6, 6.07) is 13.8. The molecule has 132 valence electrons. The molecule has 8 nitrogen and oxygen atoms in total. The highest BCUT2D eigenvalue weighted by Gasteiger charge is 2.25. The lowest BCUT2D eigenvalue weighted by molar-refractivity contribution is -0.385. The van der Waals surface area contributed by atoms with Gasteiger partial charge in [-0.05, 0) is 42.5 Å². The first-order valence-corrected chi connectivity index (χ1v) is 8.20. The summed E-state index contributed by atoms with van der Waals surface area (Å²) in [5.74, 6) is 0.909. The number of halogens is 1. The first-order chi connectivity index (χ1) is 12.6. The van der Waals surface area contributed by atoms with Crippen molar-refractivity contribution >= 4 is 33.1 Å². The second-order valence-electron chi connectivity index (χ2n) is 5.05. The van der Waals surface area contributed by atoms with Crippen LogP contribution in [0.3, 0.4) is 0 Å². The molecule has 0 aliphatic heterocycles. The standard InChI is InChI=1S/C17H13BrN4O4/c1-25-13-5-7-14(8-6-13)26-17-15(22(23)24)16(19-10-20-17)21-12-4-2-3-11(18)9-12/h2-10H,1H3,(H,19,20,21). The molecule has 0 bridgehead atoms. The van der Waals surface area contributed by atoms with Crippen LogP contribution in [-0.2, 0) is 0 Å². The van der Waals surface area contributed by atoms with Crippen LogP contribution >= 0.6 is 15.9 Å². The van der Waals surface area contributed by atoms with Gasteiger partial charge in [-0.2, -0.15) is 4.98 Å². The van der Waals surface area contributed by atoms with Crippen LogP contribution in [0.25, 0.3) is 0 Å². The zero-order valence-electron chi connectivity index (χ0n) is 13.5. The van der Waals surface area contributed by atoms with E-state index in [1.807, 2.05) is 6.07 Å². The molecule has 0 aliphatic carbocycles. The van der Waals surface area contributed by atoms with Crippen molar-refractivity contribution in [2.75, 3.05) is 12.4 Å². The van der Waals surface area contributed by atoms with Crippen molar-refractivity contribution in [2.45, 2.75) is 0 Å². The summed E-state index contributed by atoms with van der Waals surface area (Å²) >= 11 is 3.35. The Morgan fingerprint density at radius 3 is 2.50 bits per heavy atom. The second-order valence-corrected chi connectivity index (χ2v) is 5.96. The molecule has 1 aromatic heterocycles. The maximum absolute atomic E-state index is 11.6. The summed E-state index contributed by atoms with van der Waals surface area (Å²) in [4.78, 5) is 18.9. The van der Waals surface area contributed by atoms with Gasteiger partial charge in [0, 0.05) is 10.2 Å². The van der Waals surface area contributed by atoms with Gasteiger partial charge < -0.3 is 14.8 Å². The smallest absolute Gasteiger partial charge is 0.373 e. The number of methoxy groups -OCH3 is 1. The van der Waals surface area contributed by atoms with Crippen molar-refractivity contribution in [3.63, 3.8) is 0 Å². The fourth-order valence-electron chi connectivity index (χ4n) is 2.15. The van der Waals surface area contributed by atoms with Crippen molar-refractivity contribution in [3.8, 4) is 17.4 Å². The van der Waals surface area contributed by atoms with Gasteiger partial charge in [-0.3, -0.25) is 10.1 Å². The molecule has 0 radical (unpaired) electrons. The van der Waals surface area contributed by atoms with Crippen LogP contribution < -0.4 is 14.8 Å². The number of rotatable bonds is 6. The molecule has 0 spiro atoms. The molecular formula is C17H13BrN4O4. The van der Waals surface area contributed by atoms with E-state index in [9.17, 15) is 10.1 Å². The molecule has 1 heterocycles. The fourth-order valence-corrected chi connectivity index (χ4v) is 2.55. The Kier molecular flexibility index (Phi) is 5.28. The lowest BCUT2D eigenvalue weighted by Crippen LogP contribution is -2.03. The summed E-state index contributed by atoms with van der Waals surface area (Å²) in [6.07, 6.45) is 1.20. The van der Waals surface area contributed by atoms with E-state index in [-0.39, 0.29) is 17.4 Å². The average Bonchev–Trinajstić information content (AvgIpc) is 2.62. The number of hydrogen-bond acceptors (Lipinski definition) is 7. The number of aromatic nitrogens is 2. The van der Waals surface area contributed by atoms with Crippen molar-refractivity contribution < 1.29 is 14.4 Å². The molecule has 3 rings (SSSR count). The highest BCUT2D eigenvalue weighted by molar-refractivity contribution is 9.10. The maximum Gasteiger partial charge on any atom is 0.373 e. The van der Waals surface area contributed by atoms with E-state index < -0.39 is 4.92 Å². The lowest BCUT2D eigenvalue weighted by Gasteiger charge is -2.10. The summed E-state index contributed by atoms with van der Waals surface area (Å²) < 4.78 is 11.5. The first-order valence-electron chi connectivity index (χ1n) is 7.40. The first kappa shape index (κ1) is 17.6. The molecule has 0 fully saturated rings. The Morgan fingerprint density at radius 1 is 1.12 bits per heavy atom. The number of ether oxygens (including phenoxy) is 2. The molecule has 3 aromatic rings. The number of benzene rings is 2. The minimum atomic E-state index is -0.584. The number of anilines is 2. The maximum atomic E-state index is 11.6. The van der Waals surface area contributed by atoms with Crippen LogP contribution in [-0.4, -0.2) is 22.0 Å². The second kappa shape index (κ2) is 7.79. The third-order valence-corrected chi connectivity index (χ3v) is 3.83. The van der Waals surface area contributed by atoms with E-state index in [1.54, 1.807) is 49.6 Å². The van der Waals surface area contributed by atoms with Gasteiger partial charge in [0.25, 0.3) is 0 Å². The molecule has 0 atom stereocenters. The fraction of sp³-hybridized carbons (Fsp3) is 0.0588. The van der Waals surface area contributed by atoms with Gasteiger partial charge in [-0.15, -0.1) is 0 Å². The quantitative estimate of drug-likeness (QED) is 0.459. The largest absolute Gasteiger partial charge is 0.497 e. The summed E-state index contributed by atoms with van der Waals surface area (Å²) in [6.45, 7) is 0. The normalized spacial score (nSPS) is 10.2. The zero-order valence-corrected chi connectivity index (χ0v) is 15.1. The number of hydrogen-bond donors (Lipinski definition) is 1. The lowest BCUT2D eigenvalue weighted by atomic mass is 10.3. The molecular weight excluding hydrogens is 404 g/mol. The molecule has 0 unspecified atom stereocenters. The summed E-state index contributed by atoms with van der Waals surface area (Å²) in [5.41, 5.74) is 0.278. The molecule has 0 aliphatic rings. The average molecular weight is 417 g/mol. The minimum absolute atomic E-state index is 0.0339. The van der Waals surface area contributed by atoms with Gasteiger partial charge in [-0.25, -0.2) is 4.98 Å². The number of nitrogens with one attached hydrogen (secondary N) is 1. The van der Waals surface area contributed by atoms with E-state index in [0.717, 1.165) is 4.47 Å². The van der Waals surface area contributed by atoms with E-state index >= 15 is 0 Å². The molecule has 2 aromatic carbocycles. The molecule has 1 N–H and O–H groups in total. The van der Waals surface area contributed by atoms with Crippen molar-refractivity contribution in [2.24, 2.45) is 0 Å². The van der Waals surface area contributed by atoms with E-state index in [4.69, 9.17) is 9.47 Å². The van der Waals surface area contributed by atoms with E-state index in [2.05, 4.69) is 31.2 Å². The van der Waals surface area contributed by atoms with Crippen molar-refractivity contribution in [3.05, 3.63) is 69.4 Å². The predicted octanol–water partition coefficient (Wildman–Crippen LogP) is 4.69. The van der Waals surface area contributed by atoms with Crippen LogP contribution in [0.15, 0.2) is 59.3 Å². The van der Waals surface area contributed by atoms with Crippen LogP contribution in [0.4, 0.5) is 17.2 Å². The Morgan fingerprint density at radius 2 is 1.85 bits per heavy atom. The van der Waals surface area contributed by atoms with Gasteiger partial charge in [0.05, 0.1) is 12.0 Å². The molecule has 0 saturated carbocycles. The Labute approximate surface area is 157 Å². The van der Waals surface area contributed by atoms with Gasteiger partial charge in [0.15, 0.2) is 0 Å². The monoisotopic (exact) mass is 416 g/mol. The molecule has 9 heteroatoms. The number of nitrogens with zero attached hydrogens (tertiary/aromatic N) is 3. The summed E-state index contributed by atoms with van der Waals surface area (Å²) in [5, 5.41) is 14.5. The van der Waals surface area contributed by atoms with Gasteiger partial charge >= 0.3 is 11.6 Å². The van der Waals surface area contributed by atoms with Crippen molar-refractivity contribution in [1.82, 2.24) is 9.97 Å². The van der Waals surface area contributed by atoms with Gasteiger partial charge in [0.2, 0.25) is 5.82 Å². The van der Waals surface area contributed by atoms with E-state index in [1.165, 1.54) is 6.33 Å². The Balaban J connectivity index is 1.93. The molecule has 0 amide bonds. The zero-order chi connectivity index (χ0) is 18.5. The highest BCUT2D eigenvalue weighted by Crippen LogP contribution is 2.36. The van der Waals surface area contributed by atoms with Gasteiger partial charge in [0.1, 0.15) is 17.8 Å². The summed E-state index contributed by atoms with van der Waals surface area (Å²) in [7, 11) is 1.55. The van der Waals surface area contributed by atoms with Crippen molar-refractivity contribution in [1.29, 1.82) is 0 Å². The van der Waals surface area contributed by atoms with Crippen LogP contribution in [0, 0.1) is 10.1 Å². The molecule has 0 saturated heterocycles. The van der Waals surface area contributed by atoms with E-state index in [0.29, 0.717) is 17.2 Å². The van der Waals surface area contributed by atoms with Crippen LogP contribution in [0.1, 0.15) is 0 Å². The molecule has 26 heavy (non-hydrogen) atoms. The Hall–Kier alpha value is -3.20. The topological polar surface area (TPSA) is 99.4 Å².